The molecule has 15 heavy (non-hydrogen) atoms. The van der Waals surface area contributed by atoms with E-state index in [9.17, 15) is 8.78 Å². The Morgan fingerprint density at radius 3 is 1.93 bits per heavy atom. The van der Waals surface area contributed by atoms with Crippen molar-refractivity contribution in [3.05, 3.63) is 35.4 Å². The normalized spacial score (nSPS) is 14.0. The van der Waals surface area contributed by atoms with E-state index in [1.807, 2.05) is 20.8 Å². The van der Waals surface area contributed by atoms with E-state index in [-0.39, 0.29) is 17.0 Å². The first-order chi connectivity index (χ1) is 6.88. The van der Waals surface area contributed by atoms with Gasteiger partial charge in [0.2, 0.25) is 0 Å². The molecule has 0 fully saturated rings. The molecular formula is C12H17F2N. The molecule has 0 amide bonds. The standard InChI is InChI=1S/C12H17F2N/c1-12(2,3)11(15-4)10-8(13)6-5-7-9(10)14/h5-7,11,15H,1-4H3. The van der Waals surface area contributed by atoms with Crippen LogP contribution in [0.15, 0.2) is 18.2 Å². The average Bonchev–Trinajstić information content (AvgIpc) is 2.09. The Labute approximate surface area is 89.5 Å². The van der Waals surface area contributed by atoms with E-state index in [0.717, 1.165) is 0 Å². The highest BCUT2D eigenvalue weighted by Gasteiger charge is 2.29. The first-order valence-electron chi connectivity index (χ1n) is 4.99. The van der Waals surface area contributed by atoms with E-state index in [1.165, 1.54) is 18.2 Å². The fourth-order valence-electron chi connectivity index (χ4n) is 1.80. The van der Waals surface area contributed by atoms with Crippen LogP contribution in [0.25, 0.3) is 0 Å². The zero-order chi connectivity index (χ0) is 11.6. The molecule has 84 valence electrons. The van der Waals surface area contributed by atoms with Gasteiger partial charge in [-0.05, 0) is 24.6 Å². The Hall–Kier alpha value is -0.960. The summed E-state index contributed by atoms with van der Waals surface area (Å²) in [6.45, 7) is 5.83. The van der Waals surface area contributed by atoms with E-state index in [4.69, 9.17) is 0 Å². The lowest BCUT2D eigenvalue weighted by molar-refractivity contribution is 0.272. The van der Waals surface area contributed by atoms with Gasteiger partial charge in [0.25, 0.3) is 0 Å². The lowest BCUT2D eigenvalue weighted by Crippen LogP contribution is -2.31. The van der Waals surface area contributed by atoms with Crippen molar-refractivity contribution in [2.75, 3.05) is 7.05 Å². The predicted octanol–water partition coefficient (Wildman–Crippen LogP) is 3.27. The van der Waals surface area contributed by atoms with Crippen LogP contribution in [0.1, 0.15) is 32.4 Å². The molecular weight excluding hydrogens is 196 g/mol. The molecule has 0 saturated carbocycles. The topological polar surface area (TPSA) is 12.0 Å². The molecule has 0 aliphatic heterocycles. The number of benzene rings is 1. The van der Waals surface area contributed by atoms with Gasteiger partial charge in [-0.1, -0.05) is 26.8 Å². The van der Waals surface area contributed by atoms with Crippen molar-refractivity contribution in [1.82, 2.24) is 5.32 Å². The molecule has 0 heterocycles. The van der Waals surface area contributed by atoms with Crippen LogP contribution in [0.5, 0.6) is 0 Å². The van der Waals surface area contributed by atoms with E-state index < -0.39 is 11.6 Å². The van der Waals surface area contributed by atoms with Gasteiger partial charge in [-0.3, -0.25) is 0 Å². The molecule has 1 aromatic carbocycles. The zero-order valence-electron chi connectivity index (χ0n) is 9.57. The Morgan fingerprint density at radius 1 is 1.13 bits per heavy atom. The van der Waals surface area contributed by atoms with Gasteiger partial charge >= 0.3 is 0 Å². The largest absolute Gasteiger partial charge is 0.312 e. The molecule has 1 unspecified atom stereocenters. The summed E-state index contributed by atoms with van der Waals surface area (Å²) in [6, 6.07) is 3.62. The second kappa shape index (κ2) is 4.27. The number of nitrogens with one attached hydrogen (secondary N) is 1. The summed E-state index contributed by atoms with van der Waals surface area (Å²) < 4.78 is 27.1. The smallest absolute Gasteiger partial charge is 0.130 e. The summed E-state index contributed by atoms with van der Waals surface area (Å²) >= 11 is 0. The van der Waals surface area contributed by atoms with Crippen LogP contribution in [0.2, 0.25) is 0 Å². The lowest BCUT2D eigenvalue weighted by atomic mass is 9.82. The maximum atomic E-state index is 13.5. The van der Waals surface area contributed by atoms with Crippen molar-refractivity contribution < 1.29 is 8.78 Å². The van der Waals surface area contributed by atoms with Crippen LogP contribution < -0.4 is 5.32 Å². The van der Waals surface area contributed by atoms with E-state index >= 15 is 0 Å². The van der Waals surface area contributed by atoms with Crippen molar-refractivity contribution >= 4 is 0 Å². The zero-order valence-corrected chi connectivity index (χ0v) is 9.57. The Balaban J connectivity index is 3.24. The first kappa shape index (κ1) is 12.1. The molecule has 0 bridgehead atoms. The van der Waals surface area contributed by atoms with Crippen LogP contribution >= 0.6 is 0 Å². The molecule has 0 saturated heterocycles. The summed E-state index contributed by atoms with van der Waals surface area (Å²) in [4.78, 5) is 0. The second-order valence-corrected chi connectivity index (χ2v) is 4.72. The van der Waals surface area contributed by atoms with Crippen LogP contribution in [0.4, 0.5) is 8.78 Å². The monoisotopic (exact) mass is 213 g/mol. The summed E-state index contributed by atoms with van der Waals surface area (Å²) in [5, 5.41) is 2.96. The summed E-state index contributed by atoms with van der Waals surface area (Å²) in [7, 11) is 1.71. The first-order valence-corrected chi connectivity index (χ1v) is 4.99. The number of hydrogen-bond donors (Lipinski definition) is 1. The molecule has 1 aromatic rings. The summed E-state index contributed by atoms with van der Waals surface area (Å²) in [6.07, 6.45) is 0. The molecule has 0 spiro atoms. The van der Waals surface area contributed by atoms with Gasteiger partial charge in [0.05, 0.1) is 0 Å². The van der Waals surface area contributed by atoms with Gasteiger partial charge in [0, 0.05) is 11.6 Å². The predicted molar refractivity (Wildman–Crippen MR) is 57.6 cm³/mol. The minimum absolute atomic E-state index is 0.118. The molecule has 1 atom stereocenters. The third-order valence-electron chi connectivity index (χ3n) is 2.44. The summed E-state index contributed by atoms with van der Waals surface area (Å²) in [5.74, 6) is -0.992. The van der Waals surface area contributed by atoms with Crippen LogP contribution in [0.3, 0.4) is 0 Å². The average molecular weight is 213 g/mol. The summed E-state index contributed by atoms with van der Waals surface area (Å²) in [5.41, 5.74) is -0.120. The molecule has 1 N–H and O–H groups in total. The van der Waals surface area contributed by atoms with Crippen molar-refractivity contribution in [3.8, 4) is 0 Å². The van der Waals surface area contributed by atoms with Gasteiger partial charge in [0.15, 0.2) is 0 Å². The van der Waals surface area contributed by atoms with Crippen molar-refractivity contribution in [2.45, 2.75) is 26.8 Å². The molecule has 0 aromatic heterocycles. The van der Waals surface area contributed by atoms with E-state index in [2.05, 4.69) is 5.32 Å². The fraction of sp³-hybridized carbons (Fsp3) is 0.500. The van der Waals surface area contributed by atoms with Gasteiger partial charge in [-0.25, -0.2) is 8.78 Å². The SMILES string of the molecule is CNC(c1c(F)cccc1F)C(C)(C)C. The molecule has 1 rings (SSSR count). The van der Waals surface area contributed by atoms with Crippen LogP contribution in [-0.2, 0) is 0 Å². The second-order valence-electron chi connectivity index (χ2n) is 4.72. The fourth-order valence-corrected chi connectivity index (χ4v) is 1.80. The number of rotatable bonds is 2. The maximum absolute atomic E-state index is 13.5. The lowest BCUT2D eigenvalue weighted by Gasteiger charge is -2.31. The Bertz CT molecular complexity index is 322. The van der Waals surface area contributed by atoms with Crippen molar-refractivity contribution in [2.24, 2.45) is 5.41 Å². The van der Waals surface area contributed by atoms with Crippen molar-refractivity contribution in [1.29, 1.82) is 0 Å². The minimum atomic E-state index is -0.496. The molecule has 1 nitrogen and oxygen atoms in total. The van der Waals surface area contributed by atoms with E-state index in [0.29, 0.717) is 0 Å². The quantitative estimate of drug-likeness (QED) is 0.795. The minimum Gasteiger partial charge on any atom is -0.312 e. The van der Waals surface area contributed by atoms with Crippen LogP contribution in [0, 0.1) is 17.0 Å². The highest BCUT2D eigenvalue weighted by molar-refractivity contribution is 5.24. The third-order valence-corrected chi connectivity index (χ3v) is 2.44. The van der Waals surface area contributed by atoms with Crippen molar-refractivity contribution in [3.63, 3.8) is 0 Å². The highest BCUT2D eigenvalue weighted by atomic mass is 19.1. The number of halogens is 2. The van der Waals surface area contributed by atoms with Gasteiger partial charge < -0.3 is 5.32 Å². The van der Waals surface area contributed by atoms with Gasteiger partial charge in [-0.2, -0.15) is 0 Å². The highest BCUT2D eigenvalue weighted by Crippen LogP contribution is 2.34. The van der Waals surface area contributed by atoms with E-state index in [1.54, 1.807) is 7.05 Å². The number of hydrogen-bond acceptors (Lipinski definition) is 1. The maximum Gasteiger partial charge on any atom is 0.130 e. The van der Waals surface area contributed by atoms with Crippen LogP contribution in [-0.4, -0.2) is 7.05 Å². The molecule has 3 heteroatoms. The molecule has 0 radical (unpaired) electrons. The van der Waals surface area contributed by atoms with Gasteiger partial charge in [0.1, 0.15) is 11.6 Å². The molecule has 0 aliphatic carbocycles. The molecule has 0 aliphatic rings. The third kappa shape index (κ3) is 2.53. The Morgan fingerprint density at radius 2 is 1.60 bits per heavy atom. The Kier molecular flexibility index (Phi) is 3.45. The van der Waals surface area contributed by atoms with Gasteiger partial charge in [-0.15, -0.1) is 0 Å².